The van der Waals surface area contributed by atoms with Gasteiger partial charge in [-0.3, -0.25) is 19.4 Å². The summed E-state index contributed by atoms with van der Waals surface area (Å²) in [5.74, 6) is -3.09. The van der Waals surface area contributed by atoms with E-state index in [1.165, 1.54) is 77.0 Å². The van der Waals surface area contributed by atoms with Crippen molar-refractivity contribution in [3.05, 3.63) is 0 Å². The van der Waals surface area contributed by atoms with Crippen LogP contribution in [0.5, 0.6) is 0 Å². The van der Waals surface area contributed by atoms with E-state index in [-0.39, 0.29) is 50.2 Å². The zero-order chi connectivity index (χ0) is 33.6. The Morgan fingerprint density at radius 1 is 0.444 bits per heavy atom. The average molecular weight is 720 g/mol. The molecule has 0 aromatic carbocycles. The minimum atomic E-state index is -0.861. The van der Waals surface area contributed by atoms with Crippen molar-refractivity contribution in [3.63, 3.8) is 0 Å². The maximum atomic E-state index is 12.0. The summed E-state index contributed by atoms with van der Waals surface area (Å²) in [5, 5.41) is 0. The largest absolute Gasteiger partial charge is 0.408 e. The minimum absolute atomic E-state index is 0. The monoisotopic (exact) mass is 718 g/mol. The molecule has 2 unspecified atom stereocenters. The molecule has 0 aromatic heterocycles. The van der Waals surface area contributed by atoms with Crippen LogP contribution in [0.15, 0.2) is 0 Å². The van der Waals surface area contributed by atoms with Gasteiger partial charge in [0, 0.05) is 38.0 Å². The predicted octanol–water partition coefficient (Wildman–Crippen LogP) is 9.99. The molecular formula is C36H68O8Zr. The van der Waals surface area contributed by atoms with Crippen LogP contribution in [0.25, 0.3) is 0 Å². The zero-order valence-corrected chi connectivity index (χ0v) is 32.7. The normalized spacial score (nSPS) is 12.1. The first-order valence-electron chi connectivity index (χ1n) is 17.9. The van der Waals surface area contributed by atoms with Gasteiger partial charge in [0.05, 0.1) is 12.2 Å². The number of rotatable bonds is 28. The number of ketones is 2. The van der Waals surface area contributed by atoms with Gasteiger partial charge in [-0.05, 0) is 53.4 Å². The molecule has 2 atom stereocenters. The number of carbonyl (C=O) groups is 4. The molecule has 0 aliphatic carbocycles. The third-order valence-electron chi connectivity index (χ3n) is 7.57. The molecule has 0 aliphatic rings. The van der Waals surface area contributed by atoms with E-state index < -0.39 is 23.5 Å². The van der Waals surface area contributed by atoms with Crippen LogP contribution in [0.3, 0.4) is 0 Å². The van der Waals surface area contributed by atoms with Crippen LogP contribution in [0, 0.1) is 11.8 Å². The second-order valence-electron chi connectivity index (χ2n) is 12.5. The van der Waals surface area contributed by atoms with Crippen LogP contribution in [-0.4, -0.2) is 35.7 Å². The number of Topliss-reactive ketones (excluding diaryl/α,β-unsaturated/α-hetero) is 2. The molecular weight excluding hydrogens is 652 g/mol. The Morgan fingerprint density at radius 3 is 0.956 bits per heavy atom. The zero-order valence-electron chi connectivity index (χ0n) is 30.2. The van der Waals surface area contributed by atoms with E-state index >= 15 is 0 Å². The first-order valence-corrected chi connectivity index (χ1v) is 17.9. The Labute approximate surface area is 295 Å². The molecule has 9 heteroatoms. The summed E-state index contributed by atoms with van der Waals surface area (Å²) in [6, 6.07) is 0. The standard InChI is InChI=1S/2C18H34O4.Zr/c2*1-5-7-8-9-10-11-12-13-14-16(6-2)17(19)18(20)22-21-15(3)4;/h2*15-16H,5-14H2,1-4H3;. The Kier molecular flexibility index (Phi) is 37.1. The molecule has 264 valence electrons. The fraction of sp³-hybridized carbons (Fsp3) is 0.889. The van der Waals surface area contributed by atoms with E-state index in [9.17, 15) is 19.2 Å². The third-order valence-corrected chi connectivity index (χ3v) is 7.57. The second kappa shape index (κ2) is 34.4. The molecule has 0 aromatic rings. The number of hydrogen-bond acceptors (Lipinski definition) is 8. The van der Waals surface area contributed by atoms with E-state index in [1.807, 2.05) is 13.8 Å². The maximum absolute atomic E-state index is 12.0. The van der Waals surface area contributed by atoms with Crippen molar-refractivity contribution >= 4 is 23.5 Å². The van der Waals surface area contributed by atoms with Gasteiger partial charge in [0.15, 0.2) is 0 Å². The first-order chi connectivity index (χ1) is 21.0. The van der Waals surface area contributed by atoms with E-state index in [2.05, 4.69) is 23.6 Å². The van der Waals surface area contributed by atoms with E-state index in [1.54, 1.807) is 27.7 Å². The Morgan fingerprint density at radius 2 is 0.711 bits per heavy atom. The summed E-state index contributed by atoms with van der Waals surface area (Å²) in [6.45, 7) is 15.3. The molecule has 0 radical (unpaired) electrons. The van der Waals surface area contributed by atoms with Gasteiger partial charge in [0.1, 0.15) is 0 Å². The third kappa shape index (κ3) is 30.2. The summed E-state index contributed by atoms with van der Waals surface area (Å²) in [4.78, 5) is 65.7. The molecule has 0 heterocycles. The van der Waals surface area contributed by atoms with E-state index in [4.69, 9.17) is 9.78 Å². The quantitative estimate of drug-likeness (QED) is 0.0341. The van der Waals surface area contributed by atoms with Crippen molar-refractivity contribution in [2.75, 3.05) is 0 Å². The molecule has 0 saturated heterocycles. The maximum Gasteiger partial charge on any atom is 0.408 e. The number of hydrogen-bond donors (Lipinski definition) is 0. The molecule has 0 saturated carbocycles. The van der Waals surface area contributed by atoms with Crippen molar-refractivity contribution in [2.45, 2.75) is 196 Å². The van der Waals surface area contributed by atoms with E-state index in [0.717, 1.165) is 38.5 Å². The van der Waals surface area contributed by atoms with Gasteiger partial charge in [-0.1, -0.05) is 130 Å². The molecule has 0 spiro atoms. The Bertz CT molecular complexity index is 666. The molecule has 0 aliphatic heterocycles. The fourth-order valence-electron chi connectivity index (χ4n) is 4.79. The van der Waals surface area contributed by atoms with Gasteiger partial charge < -0.3 is 0 Å². The minimum Gasteiger partial charge on any atom is -0.289 e. The van der Waals surface area contributed by atoms with Crippen molar-refractivity contribution < 1.29 is 64.9 Å². The summed E-state index contributed by atoms with van der Waals surface area (Å²) in [7, 11) is 0. The van der Waals surface area contributed by atoms with Crippen molar-refractivity contribution in [3.8, 4) is 0 Å². The average Bonchev–Trinajstić information content (AvgIpc) is 3.00. The van der Waals surface area contributed by atoms with Crippen LogP contribution in [0.1, 0.15) is 184 Å². The molecule has 0 fully saturated rings. The Hall–Kier alpha value is -0.917. The van der Waals surface area contributed by atoms with Crippen LogP contribution in [-0.2, 0) is 64.9 Å². The summed E-state index contributed by atoms with van der Waals surface area (Å²) in [5.41, 5.74) is 0. The molecule has 0 N–H and O–H groups in total. The molecule has 0 rings (SSSR count). The van der Waals surface area contributed by atoms with Crippen LogP contribution < -0.4 is 0 Å². The first kappa shape index (κ1) is 48.5. The SMILES string of the molecule is CCCCCCCCCCC(CC)C(=O)C(=O)OOC(C)C.CCCCCCCCCCC(CC)C(=O)C(=O)OOC(C)C.[Zr]. The van der Waals surface area contributed by atoms with Gasteiger partial charge in [-0.2, -0.15) is 9.78 Å². The van der Waals surface area contributed by atoms with Crippen LogP contribution in [0.2, 0.25) is 0 Å². The van der Waals surface area contributed by atoms with Gasteiger partial charge in [0.25, 0.3) is 0 Å². The van der Waals surface area contributed by atoms with Crippen LogP contribution in [0.4, 0.5) is 0 Å². The van der Waals surface area contributed by atoms with E-state index in [0.29, 0.717) is 12.8 Å². The number of unbranched alkanes of at least 4 members (excludes halogenated alkanes) is 14. The summed E-state index contributed by atoms with van der Waals surface area (Å²) >= 11 is 0. The van der Waals surface area contributed by atoms with Gasteiger partial charge in [-0.25, -0.2) is 9.59 Å². The predicted molar refractivity (Wildman–Crippen MR) is 177 cm³/mol. The van der Waals surface area contributed by atoms with Gasteiger partial charge in [0.2, 0.25) is 11.6 Å². The molecule has 0 bridgehead atoms. The smallest absolute Gasteiger partial charge is 0.289 e. The number of carbonyl (C=O) groups excluding carboxylic acids is 4. The summed E-state index contributed by atoms with van der Waals surface area (Å²) in [6.07, 6.45) is 22.1. The van der Waals surface area contributed by atoms with Crippen molar-refractivity contribution in [1.82, 2.24) is 0 Å². The van der Waals surface area contributed by atoms with Gasteiger partial charge >= 0.3 is 11.9 Å². The van der Waals surface area contributed by atoms with Crippen LogP contribution >= 0.6 is 0 Å². The molecule has 8 nitrogen and oxygen atoms in total. The fourth-order valence-corrected chi connectivity index (χ4v) is 4.79. The topological polar surface area (TPSA) is 105 Å². The second-order valence-corrected chi connectivity index (χ2v) is 12.5. The Balaban J connectivity index is -0.000000767. The van der Waals surface area contributed by atoms with Crippen molar-refractivity contribution in [2.24, 2.45) is 11.8 Å². The molecule has 0 amide bonds. The van der Waals surface area contributed by atoms with Gasteiger partial charge in [-0.15, -0.1) is 0 Å². The molecule has 45 heavy (non-hydrogen) atoms. The van der Waals surface area contributed by atoms with Crippen molar-refractivity contribution in [1.29, 1.82) is 0 Å². The summed E-state index contributed by atoms with van der Waals surface area (Å²) < 4.78 is 0.